The van der Waals surface area contributed by atoms with Gasteiger partial charge in [0.1, 0.15) is 0 Å². The van der Waals surface area contributed by atoms with Crippen LogP contribution in [0.5, 0.6) is 0 Å². The Morgan fingerprint density at radius 3 is 0.800 bits per heavy atom. The maximum absolute atomic E-state index is 2.19. The van der Waals surface area contributed by atoms with Crippen molar-refractivity contribution in [1.29, 1.82) is 0 Å². The van der Waals surface area contributed by atoms with E-state index in [2.05, 4.69) is 48.5 Å². The van der Waals surface area contributed by atoms with Crippen LogP contribution in [-0.2, 0) is 0 Å². The lowest BCUT2D eigenvalue weighted by atomic mass is 10.0. The van der Waals surface area contributed by atoms with Crippen molar-refractivity contribution in [3.8, 4) is 0 Å². The van der Waals surface area contributed by atoms with Gasteiger partial charge >= 0.3 is 0 Å². The van der Waals surface area contributed by atoms with Crippen molar-refractivity contribution >= 4 is 0 Å². The zero-order chi connectivity index (χ0) is 8.08. The number of hydrogen-bond acceptors (Lipinski definition) is 0. The molecule has 0 aromatic heterocycles. The lowest BCUT2D eigenvalue weighted by molar-refractivity contribution is 0.469. The third-order valence-electron chi connectivity index (χ3n) is 0. The molecule has 0 radical (unpaired) electrons. The molecule has 0 aliphatic heterocycles. The van der Waals surface area contributed by atoms with E-state index in [1.807, 2.05) is 0 Å². The van der Waals surface area contributed by atoms with Crippen molar-refractivity contribution < 1.29 is 0 Å². The Morgan fingerprint density at radius 2 is 0.800 bits per heavy atom. The van der Waals surface area contributed by atoms with Gasteiger partial charge < -0.3 is 0 Å². The molecular weight excluding hydrogens is 120 g/mol. The summed E-state index contributed by atoms with van der Waals surface area (Å²) in [4.78, 5) is 0. The summed E-state index contributed by atoms with van der Waals surface area (Å²) in [6.07, 6.45) is 0. The highest BCUT2D eigenvalue weighted by atomic mass is 14.0. The average Bonchev–Trinajstić information content (AvgIpc) is 1.19. The van der Waals surface area contributed by atoms with Crippen LogP contribution in [-0.4, -0.2) is 0 Å². The molecule has 0 fully saturated rings. The van der Waals surface area contributed by atoms with E-state index >= 15 is 0 Å². The Morgan fingerprint density at radius 1 is 0.800 bits per heavy atom. The Bertz CT molecular complexity index is 36.8. The van der Waals surface area contributed by atoms with E-state index in [0.717, 1.165) is 5.92 Å². The van der Waals surface area contributed by atoms with Gasteiger partial charge in [0.05, 0.1) is 0 Å². The van der Waals surface area contributed by atoms with Gasteiger partial charge in [-0.3, -0.25) is 0 Å². The zero-order valence-electron chi connectivity index (χ0n) is 8.08. The Labute approximate surface area is 68.0 Å². The van der Waals surface area contributed by atoms with Gasteiger partial charge in [0.25, 0.3) is 0 Å². The molecule has 66 valence electrons. The van der Waals surface area contributed by atoms with Crippen molar-refractivity contribution in [1.82, 2.24) is 0 Å². The minimum Gasteiger partial charge on any atom is -0.0776 e. The quantitative estimate of drug-likeness (QED) is 0.476. The summed E-state index contributed by atoms with van der Waals surface area (Å²) in [6, 6.07) is 0. The van der Waals surface area contributed by atoms with Crippen LogP contribution in [0.4, 0.5) is 0 Å². The van der Waals surface area contributed by atoms with Gasteiger partial charge in [0.2, 0.25) is 0 Å². The molecule has 0 aromatic carbocycles. The summed E-state index contributed by atoms with van der Waals surface area (Å²) in [7, 11) is 0. The molecule has 0 unspecified atom stereocenters. The molecule has 0 heteroatoms. The molecular formula is C10H26. The summed E-state index contributed by atoms with van der Waals surface area (Å²) in [5.74, 6) is 0.833. The van der Waals surface area contributed by atoms with Gasteiger partial charge in [-0.25, -0.2) is 0 Å². The highest BCUT2D eigenvalue weighted by Crippen LogP contribution is 2.07. The molecule has 0 aromatic rings. The molecule has 0 nitrogen and oxygen atoms in total. The van der Waals surface area contributed by atoms with Crippen molar-refractivity contribution in [2.75, 3.05) is 0 Å². The molecule has 0 saturated heterocycles. The van der Waals surface area contributed by atoms with Gasteiger partial charge in [-0.2, -0.15) is 0 Å². The Balaban J connectivity index is -0.0000000910. The van der Waals surface area contributed by atoms with Crippen molar-refractivity contribution in [2.24, 2.45) is 11.3 Å². The minimum absolute atomic E-state index is 0. The monoisotopic (exact) mass is 146 g/mol. The van der Waals surface area contributed by atoms with Crippen LogP contribution in [0, 0.1) is 11.3 Å². The third-order valence-corrected chi connectivity index (χ3v) is 0. The van der Waals surface area contributed by atoms with Crippen LogP contribution in [0.3, 0.4) is 0 Å². The van der Waals surface area contributed by atoms with Gasteiger partial charge in [0.15, 0.2) is 0 Å². The first-order valence-corrected chi connectivity index (χ1v) is 3.73. The maximum atomic E-state index is 2.19. The van der Waals surface area contributed by atoms with Gasteiger partial charge in [-0.05, 0) is 11.3 Å². The van der Waals surface area contributed by atoms with E-state index in [1.54, 1.807) is 0 Å². The van der Waals surface area contributed by atoms with Gasteiger partial charge in [-0.15, -0.1) is 0 Å². The number of hydrogen-bond donors (Lipinski definition) is 0. The van der Waals surface area contributed by atoms with Crippen molar-refractivity contribution in [3.63, 3.8) is 0 Å². The second-order valence-electron chi connectivity index (χ2n) is 4.73. The molecule has 0 aliphatic carbocycles. The summed E-state index contributed by atoms with van der Waals surface area (Å²) in [5.41, 5.74) is 0.500. The number of rotatable bonds is 0. The lowest BCUT2D eigenvalue weighted by Gasteiger charge is -2.05. The standard InChI is InChI=1S/C5H12.C4H10.CH4/c1-5(2,3)4;1-4(2)3;/h1-4H3;4H,1-3H3;1H4. The molecule has 0 bridgehead atoms. The van der Waals surface area contributed by atoms with Crippen LogP contribution >= 0.6 is 0 Å². The summed E-state index contributed by atoms with van der Waals surface area (Å²) in [5, 5.41) is 0. The molecule has 10 heavy (non-hydrogen) atoms. The Kier molecular flexibility index (Phi) is 11.8. The van der Waals surface area contributed by atoms with E-state index < -0.39 is 0 Å². The first kappa shape index (κ1) is 16.5. The Hall–Kier alpha value is 0. The summed E-state index contributed by atoms with van der Waals surface area (Å²) < 4.78 is 0. The predicted octanol–water partition coefficient (Wildman–Crippen LogP) is 4.35. The van der Waals surface area contributed by atoms with E-state index in [0.29, 0.717) is 5.41 Å². The highest BCUT2D eigenvalue weighted by molar-refractivity contribution is 4.47. The maximum Gasteiger partial charge on any atom is -0.0411 e. The second kappa shape index (κ2) is 7.11. The normalized spacial score (nSPS) is 9.60. The fourth-order valence-corrected chi connectivity index (χ4v) is 0. The summed E-state index contributed by atoms with van der Waals surface area (Å²) >= 11 is 0. The van der Waals surface area contributed by atoms with Crippen LogP contribution < -0.4 is 0 Å². The van der Waals surface area contributed by atoms with Crippen LogP contribution in [0.1, 0.15) is 55.9 Å². The molecule has 0 heterocycles. The topological polar surface area (TPSA) is 0 Å². The van der Waals surface area contributed by atoms with Crippen LogP contribution in [0.15, 0.2) is 0 Å². The molecule has 0 rings (SSSR count). The SMILES string of the molecule is C.CC(C)(C)C.CC(C)C. The predicted molar refractivity (Wildman–Crippen MR) is 52.4 cm³/mol. The molecule has 0 N–H and O–H groups in total. The van der Waals surface area contributed by atoms with E-state index in [-0.39, 0.29) is 7.43 Å². The average molecular weight is 146 g/mol. The fraction of sp³-hybridized carbons (Fsp3) is 1.00. The van der Waals surface area contributed by atoms with Crippen molar-refractivity contribution in [2.45, 2.75) is 55.9 Å². The molecule has 0 amide bonds. The minimum atomic E-state index is 0. The zero-order valence-corrected chi connectivity index (χ0v) is 8.08. The molecule has 0 saturated carbocycles. The van der Waals surface area contributed by atoms with Crippen LogP contribution in [0.2, 0.25) is 0 Å². The molecule has 0 aliphatic rings. The smallest absolute Gasteiger partial charge is 0.0411 e. The summed E-state index contributed by atoms with van der Waals surface area (Å²) in [6.45, 7) is 15.2. The van der Waals surface area contributed by atoms with Crippen molar-refractivity contribution in [3.05, 3.63) is 0 Å². The van der Waals surface area contributed by atoms with E-state index in [4.69, 9.17) is 0 Å². The lowest BCUT2D eigenvalue weighted by Crippen LogP contribution is -1.93. The fourth-order valence-electron chi connectivity index (χ4n) is 0. The van der Waals surface area contributed by atoms with Crippen LogP contribution in [0.25, 0.3) is 0 Å². The largest absolute Gasteiger partial charge is 0.0776 e. The van der Waals surface area contributed by atoms with Gasteiger partial charge in [0, 0.05) is 0 Å². The van der Waals surface area contributed by atoms with E-state index in [1.165, 1.54) is 0 Å². The first-order valence-electron chi connectivity index (χ1n) is 3.73. The van der Waals surface area contributed by atoms with Gasteiger partial charge in [-0.1, -0.05) is 55.9 Å². The molecule has 0 atom stereocenters. The third kappa shape index (κ3) is 0. The highest BCUT2D eigenvalue weighted by Gasteiger charge is 1.95. The molecule has 0 spiro atoms. The second-order valence-corrected chi connectivity index (χ2v) is 4.73. The first-order chi connectivity index (χ1) is 3.73. The van der Waals surface area contributed by atoms with E-state index in [9.17, 15) is 0 Å².